The van der Waals surface area contributed by atoms with E-state index in [0.717, 1.165) is 10.8 Å². The van der Waals surface area contributed by atoms with Crippen molar-refractivity contribution in [2.75, 3.05) is 32.9 Å². The van der Waals surface area contributed by atoms with Crippen molar-refractivity contribution in [3.8, 4) is 0 Å². The van der Waals surface area contributed by atoms with Gasteiger partial charge in [0.2, 0.25) is 0 Å². The molecular weight excluding hydrogens is 280 g/mol. The van der Waals surface area contributed by atoms with Gasteiger partial charge in [-0.05, 0) is 11.5 Å². The van der Waals surface area contributed by atoms with Crippen LogP contribution in [-0.2, 0) is 4.74 Å². The van der Waals surface area contributed by atoms with Gasteiger partial charge in [0, 0.05) is 36.0 Å². The summed E-state index contributed by atoms with van der Waals surface area (Å²) in [5.41, 5.74) is 0.180. The van der Waals surface area contributed by atoms with E-state index in [9.17, 15) is 9.90 Å². The smallest absolute Gasteiger partial charge is 0.272 e. The van der Waals surface area contributed by atoms with Crippen LogP contribution in [-0.4, -0.2) is 53.8 Å². The number of carbonyl (C=O) groups is 1. The third-order valence-corrected chi connectivity index (χ3v) is 4.97. The van der Waals surface area contributed by atoms with Crippen LogP contribution in [0.4, 0.5) is 0 Å². The Bertz CT molecular complexity index is 733. The van der Waals surface area contributed by atoms with E-state index in [4.69, 9.17) is 4.74 Å². The SMILES string of the molecule is O=C(c1cc2ccccc2cn1)N1C[C@H]2COC[C@@]2(CO)C1. The van der Waals surface area contributed by atoms with Gasteiger partial charge in [-0.2, -0.15) is 0 Å². The van der Waals surface area contributed by atoms with Gasteiger partial charge in [0.05, 0.1) is 19.8 Å². The van der Waals surface area contributed by atoms with Crippen LogP contribution in [0.25, 0.3) is 10.8 Å². The second kappa shape index (κ2) is 5.04. The molecule has 0 spiro atoms. The number of aliphatic hydroxyl groups is 1. The van der Waals surface area contributed by atoms with Gasteiger partial charge < -0.3 is 14.7 Å². The zero-order valence-electron chi connectivity index (χ0n) is 12.2. The molecule has 0 bridgehead atoms. The monoisotopic (exact) mass is 298 g/mol. The first-order valence-electron chi connectivity index (χ1n) is 7.54. The van der Waals surface area contributed by atoms with Gasteiger partial charge in [-0.1, -0.05) is 24.3 Å². The molecule has 5 nitrogen and oxygen atoms in total. The summed E-state index contributed by atoms with van der Waals surface area (Å²) in [5, 5.41) is 11.7. The Kier molecular flexibility index (Phi) is 3.13. The molecule has 4 rings (SSSR count). The number of pyridine rings is 1. The van der Waals surface area contributed by atoms with Crippen LogP contribution in [0, 0.1) is 11.3 Å². The molecular formula is C17H18N2O3. The first-order chi connectivity index (χ1) is 10.7. The number of ether oxygens (including phenoxy) is 1. The number of hydrogen-bond acceptors (Lipinski definition) is 4. The number of amides is 1. The molecule has 114 valence electrons. The number of nitrogens with zero attached hydrogens (tertiary/aromatic N) is 2. The minimum atomic E-state index is -0.285. The Morgan fingerprint density at radius 2 is 2.23 bits per heavy atom. The highest BCUT2D eigenvalue weighted by Gasteiger charge is 2.51. The van der Waals surface area contributed by atoms with Crippen molar-refractivity contribution >= 4 is 16.7 Å². The molecule has 22 heavy (non-hydrogen) atoms. The van der Waals surface area contributed by atoms with E-state index >= 15 is 0 Å². The largest absolute Gasteiger partial charge is 0.396 e. The molecule has 3 heterocycles. The summed E-state index contributed by atoms with van der Waals surface area (Å²) in [6.45, 7) is 2.39. The lowest BCUT2D eigenvalue weighted by Crippen LogP contribution is -2.36. The van der Waals surface area contributed by atoms with E-state index in [1.807, 2.05) is 30.3 Å². The molecule has 2 aromatic rings. The summed E-state index contributed by atoms with van der Waals surface area (Å²) >= 11 is 0. The second-order valence-electron chi connectivity index (χ2n) is 6.33. The van der Waals surface area contributed by atoms with Crippen LogP contribution in [0.2, 0.25) is 0 Å². The van der Waals surface area contributed by atoms with Gasteiger partial charge in [0.1, 0.15) is 5.69 Å². The average Bonchev–Trinajstić information content (AvgIpc) is 3.11. The normalized spacial score (nSPS) is 27.3. The van der Waals surface area contributed by atoms with E-state index in [-0.39, 0.29) is 23.8 Å². The molecule has 0 radical (unpaired) electrons. The van der Waals surface area contributed by atoms with Crippen molar-refractivity contribution in [3.63, 3.8) is 0 Å². The summed E-state index contributed by atoms with van der Waals surface area (Å²) in [6, 6.07) is 9.71. The van der Waals surface area contributed by atoms with Crippen LogP contribution in [0.1, 0.15) is 10.5 Å². The lowest BCUT2D eigenvalue weighted by Gasteiger charge is -2.24. The van der Waals surface area contributed by atoms with Crippen molar-refractivity contribution in [2.45, 2.75) is 0 Å². The maximum atomic E-state index is 12.7. The Morgan fingerprint density at radius 1 is 1.41 bits per heavy atom. The number of carbonyl (C=O) groups excluding carboxylic acids is 1. The molecule has 0 saturated carbocycles. The van der Waals surface area contributed by atoms with Crippen molar-refractivity contribution in [2.24, 2.45) is 11.3 Å². The quantitative estimate of drug-likeness (QED) is 0.908. The molecule has 0 unspecified atom stereocenters. The van der Waals surface area contributed by atoms with Crippen molar-refractivity contribution < 1.29 is 14.6 Å². The fourth-order valence-electron chi connectivity index (χ4n) is 3.57. The van der Waals surface area contributed by atoms with Crippen LogP contribution in [0.3, 0.4) is 0 Å². The summed E-state index contributed by atoms with van der Waals surface area (Å²) in [5.74, 6) is 0.162. The lowest BCUT2D eigenvalue weighted by molar-refractivity contribution is 0.0627. The molecule has 1 N–H and O–H groups in total. The molecule has 2 saturated heterocycles. The Balaban J connectivity index is 1.61. The van der Waals surface area contributed by atoms with E-state index in [0.29, 0.717) is 32.0 Å². The van der Waals surface area contributed by atoms with Crippen LogP contribution in [0.15, 0.2) is 36.5 Å². The molecule has 1 amide bonds. The van der Waals surface area contributed by atoms with E-state index in [2.05, 4.69) is 4.98 Å². The van der Waals surface area contributed by atoms with Crippen molar-refractivity contribution in [1.82, 2.24) is 9.88 Å². The fraction of sp³-hybridized carbons (Fsp3) is 0.412. The van der Waals surface area contributed by atoms with E-state index in [1.54, 1.807) is 11.1 Å². The van der Waals surface area contributed by atoms with Crippen molar-refractivity contribution in [1.29, 1.82) is 0 Å². The summed E-state index contributed by atoms with van der Waals surface area (Å²) < 4.78 is 5.48. The Hall–Kier alpha value is -1.98. The van der Waals surface area contributed by atoms with Gasteiger partial charge in [-0.25, -0.2) is 0 Å². The minimum absolute atomic E-state index is 0.0621. The average molecular weight is 298 g/mol. The van der Waals surface area contributed by atoms with E-state index in [1.165, 1.54) is 0 Å². The number of aromatic nitrogens is 1. The maximum absolute atomic E-state index is 12.7. The highest BCUT2D eigenvalue weighted by Crippen LogP contribution is 2.41. The van der Waals surface area contributed by atoms with Crippen molar-refractivity contribution in [3.05, 3.63) is 42.2 Å². The predicted octanol–water partition coefficient (Wildman–Crippen LogP) is 1.32. The van der Waals surface area contributed by atoms with Gasteiger partial charge in [-0.3, -0.25) is 9.78 Å². The number of fused-ring (bicyclic) bond motifs is 2. The minimum Gasteiger partial charge on any atom is -0.396 e. The summed E-state index contributed by atoms with van der Waals surface area (Å²) in [6.07, 6.45) is 1.74. The molecule has 2 aliphatic heterocycles. The zero-order valence-corrected chi connectivity index (χ0v) is 12.2. The summed E-state index contributed by atoms with van der Waals surface area (Å²) in [7, 11) is 0. The van der Waals surface area contributed by atoms with Gasteiger partial charge >= 0.3 is 0 Å². The molecule has 1 aromatic heterocycles. The van der Waals surface area contributed by atoms with Crippen LogP contribution < -0.4 is 0 Å². The van der Waals surface area contributed by atoms with Gasteiger partial charge in [0.15, 0.2) is 0 Å². The number of hydrogen-bond donors (Lipinski definition) is 1. The maximum Gasteiger partial charge on any atom is 0.272 e. The highest BCUT2D eigenvalue weighted by molar-refractivity contribution is 5.96. The second-order valence-corrected chi connectivity index (χ2v) is 6.33. The van der Waals surface area contributed by atoms with Gasteiger partial charge in [-0.15, -0.1) is 0 Å². The first-order valence-corrected chi connectivity index (χ1v) is 7.54. The number of benzene rings is 1. The number of likely N-dealkylation sites (tertiary alicyclic amines) is 1. The first kappa shape index (κ1) is 13.7. The zero-order chi connectivity index (χ0) is 15.2. The van der Waals surface area contributed by atoms with E-state index < -0.39 is 0 Å². The number of aliphatic hydroxyl groups excluding tert-OH is 1. The molecule has 1 aromatic carbocycles. The Labute approximate surface area is 128 Å². The molecule has 0 aliphatic carbocycles. The Morgan fingerprint density at radius 3 is 3.00 bits per heavy atom. The lowest BCUT2D eigenvalue weighted by atomic mass is 9.82. The molecule has 2 aliphatic rings. The molecule has 2 atom stereocenters. The third-order valence-electron chi connectivity index (χ3n) is 4.97. The highest BCUT2D eigenvalue weighted by atomic mass is 16.5. The predicted molar refractivity (Wildman–Crippen MR) is 81.5 cm³/mol. The third kappa shape index (κ3) is 2.01. The summed E-state index contributed by atoms with van der Waals surface area (Å²) in [4.78, 5) is 18.8. The van der Waals surface area contributed by atoms with Crippen LogP contribution >= 0.6 is 0 Å². The standard InChI is InChI=1S/C17H18N2O3/c20-10-17-9-19(7-14(17)8-22-11-17)16(21)15-5-12-3-1-2-4-13(12)6-18-15/h1-6,14,20H,7-11H2/t14-,17-/m0/s1. The number of rotatable bonds is 2. The fourth-order valence-corrected chi connectivity index (χ4v) is 3.57. The van der Waals surface area contributed by atoms with Crippen LogP contribution in [0.5, 0.6) is 0 Å². The topological polar surface area (TPSA) is 62.7 Å². The van der Waals surface area contributed by atoms with Gasteiger partial charge in [0.25, 0.3) is 5.91 Å². The molecule has 5 heteroatoms. The molecule has 2 fully saturated rings.